The number of fused-ring (bicyclic) bond motifs is 1. The van der Waals surface area contributed by atoms with Crippen LogP contribution in [0, 0.1) is 0 Å². The van der Waals surface area contributed by atoms with E-state index < -0.39 is 12.0 Å². The highest BCUT2D eigenvalue weighted by Crippen LogP contribution is 2.24. The first-order valence-electron chi connectivity index (χ1n) is 6.51. The van der Waals surface area contributed by atoms with Gasteiger partial charge in [0.1, 0.15) is 18.2 Å². The summed E-state index contributed by atoms with van der Waals surface area (Å²) in [4.78, 5) is 19.6. The van der Waals surface area contributed by atoms with Crippen molar-refractivity contribution in [3.8, 4) is 0 Å². The number of carboxylic acids is 1. The van der Waals surface area contributed by atoms with E-state index in [1.54, 1.807) is 0 Å². The highest BCUT2D eigenvalue weighted by atomic mass is 79.9. The molecule has 2 rings (SSSR count). The van der Waals surface area contributed by atoms with Crippen molar-refractivity contribution in [2.45, 2.75) is 32.2 Å². The van der Waals surface area contributed by atoms with Gasteiger partial charge in [-0.3, -0.25) is 0 Å². The Morgan fingerprint density at radius 2 is 2.25 bits per heavy atom. The highest BCUT2D eigenvalue weighted by molar-refractivity contribution is 9.10. The maximum absolute atomic E-state index is 11.3. The number of rotatable bonds is 6. The number of benzene rings is 1. The lowest BCUT2D eigenvalue weighted by Gasteiger charge is -2.15. The molecule has 0 unspecified atom stereocenters. The highest BCUT2D eigenvalue weighted by Gasteiger charge is 2.18. The Hall–Kier alpha value is -1.69. The van der Waals surface area contributed by atoms with Crippen molar-refractivity contribution >= 4 is 38.6 Å². The monoisotopic (exact) mass is 337 g/mol. The van der Waals surface area contributed by atoms with E-state index in [1.807, 2.05) is 25.1 Å². The molecule has 20 heavy (non-hydrogen) atoms. The largest absolute Gasteiger partial charge is 0.480 e. The molecule has 2 N–H and O–H groups in total. The summed E-state index contributed by atoms with van der Waals surface area (Å²) in [5, 5.41) is 13.1. The Bertz CT molecular complexity index is 618. The van der Waals surface area contributed by atoms with Gasteiger partial charge in [-0.15, -0.1) is 0 Å². The number of carboxylic acid groups (broad SMARTS) is 1. The molecule has 0 fully saturated rings. The SMILES string of the molecule is CCCC[C@@H](Nc1ncnc2ccc(Br)cc12)C(=O)O. The summed E-state index contributed by atoms with van der Waals surface area (Å²) in [6, 6.07) is 5.02. The lowest BCUT2D eigenvalue weighted by Crippen LogP contribution is -2.29. The van der Waals surface area contributed by atoms with Gasteiger partial charge in [-0.2, -0.15) is 0 Å². The van der Waals surface area contributed by atoms with Gasteiger partial charge >= 0.3 is 5.97 Å². The van der Waals surface area contributed by atoms with Crippen LogP contribution < -0.4 is 5.32 Å². The Labute approximate surface area is 125 Å². The van der Waals surface area contributed by atoms with Crippen LogP contribution in [-0.2, 0) is 4.79 Å². The van der Waals surface area contributed by atoms with E-state index in [9.17, 15) is 9.90 Å². The number of carbonyl (C=O) groups is 1. The molecular weight excluding hydrogens is 322 g/mol. The van der Waals surface area contributed by atoms with Crippen LogP contribution in [0.1, 0.15) is 26.2 Å². The fourth-order valence-electron chi connectivity index (χ4n) is 1.97. The number of aromatic nitrogens is 2. The van der Waals surface area contributed by atoms with Gasteiger partial charge in [0.25, 0.3) is 0 Å². The second-order valence-corrected chi connectivity index (χ2v) is 5.48. The third-order valence-electron chi connectivity index (χ3n) is 3.05. The van der Waals surface area contributed by atoms with E-state index in [4.69, 9.17) is 0 Å². The average molecular weight is 338 g/mol. The van der Waals surface area contributed by atoms with Crippen LogP contribution in [0.3, 0.4) is 0 Å². The molecule has 0 saturated carbocycles. The van der Waals surface area contributed by atoms with Gasteiger partial charge in [0.2, 0.25) is 0 Å². The topological polar surface area (TPSA) is 75.1 Å². The van der Waals surface area contributed by atoms with Gasteiger partial charge in [-0.25, -0.2) is 14.8 Å². The summed E-state index contributed by atoms with van der Waals surface area (Å²) in [6.45, 7) is 2.04. The van der Waals surface area contributed by atoms with Crippen molar-refractivity contribution in [3.63, 3.8) is 0 Å². The molecule has 0 aliphatic heterocycles. The van der Waals surface area contributed by atoms with Gasteiger partial charge in [0.15, 0.2) is 0 Å². The Morgan fingerprint density at radius 3 is 2.95 bits per heavy atom. The molecule has 0 saturated heterocycles. The van der Waals surface area contributed by atoms with Crippen molar-refractivity contribution in [2.24, 2.45) is 0 Å². The van der Waals surface area contributed by atoms with Crippen molar-refractivity contribution < 1.29 is 9.90 Å². The molecule has 1 heterocycles. The van der Waals surface area contributed by atoms with Crippen molar-refractivity contribution in [1.29, 1.82) is 0 Å². The van der Waals surface area contributed by atoms with E-state index in [-0.39, 0.29) is 0 Å². The predicted molar refractivity (Wildman–Crippen MR) is 81.8 cm³/mol. The summed E-state index contributed by atoms with van der Waals surface area (Å²) in [6.07, 6.45) is 3.83. The maximum Gasteiger partial charge on any atom is 0.326 e. The molecule has 2 aromatic rings. The number of unbranched alkanes of at least 4 members (excludes halogenated alkanes) is 1. The van der Waals surface area contributed by atoms with Gasteiger partial charge in [0, 0.05) is 9.86 Å². The second kappa shape index (κ2) is 6.65. The standard InChI is InChI=1S/C14H16BrN3O2/c1-2-3-4-12(14(19)20)18-13-10-7-9(15)5-6-11(10)16-8-17-13/h5-8,12H,2-4H2,1H3,(H,19,20)(H,16,17,18)/t12-/m1/s1. The van der Waals surface area contributed by atoms with Crippen LogP contribution in [0.4, 0.5) is 5.82 Å². The van der Waals surface area contributed by atoms with Gasteiger partial charge in [0.05, 0.1) is 5.52 Å². The van der Waals surface area contributed by atoms with E-state index in [0.29, 0.717) is 12.2 Å². The minimum atomic E-state index is -0.861. The van der Waals surface area contributed by atoms with Crippen molar-refractivity contribution in [2.75, 3.05) is 5.32 Å². The molecule has 0 bridgehead atoms. The predicted octanol–water partition coefficient (Wildman–Crippen LogP) is 3.45. The van der Waals surface area contributed by atoms with Crippen LogP contribution in [-0.4, -0.2) is 27.1 Å². The van der Waals surface area contributed by atoms with Gasteiger partial charge in [-0.1, -0.05) is 35.7 Å². The second-order valence-electron chi connectivity index (χ2n) is 4.56. The normalized spacial score (nSPS) is 12.3. The Balaban J connectivity index is 2.31. The summed E-state index contributed by atoms with van der Waals surface area (Å²) in [5.41, 5.74) is 0.783. The van der Waals surface area contributed by atoms with Crippen molar-refractivity contribution in [1.82, 2.24) is 9.97 Å². The van der Waals surface area contributed by atoms with Crippen molar-refractivity contribution in [3.05, 3.63) is 29.0 Å². The molecule has 1 atom stereocenters. The zero-order chi connectivity index (χ0) is 14.5. The summed E-state index contributed by atoms with van der Waals surface area (Å²) >= 11 is 3.40. The molecule has 0 aliphatic carbocycles. The molecular formula is C14H16BrN3O2. The molecule has 0 aliphatic rings. The molecule has 0 spiro atoms. The summed E-state index contributed by atoms with van der Waals surface area (Å²) in [5.74, 6) is -0.306. The van der Waals surface area contributed by atoms with E-state index in [0.717, 1.165) is 28.2 Å². The number of halogens is 1. The van der Waals surface area contributed by atoms with Crippen LogP contribution in [0.2, 0.25) is 0 Å². The third-order valence-corrected chi connectivity index (χ3v) is 3.55. The molecule has 1 aromatic carbocycles. The lowest BCUT2D eigenvalue weighted by molar-refractivity contribution is -0.138. The molecule has 106 valence electrons. The lowest BCUT2D eigenvalue weighted by atomic mass is 10.1. The number of nitrogens with zero attached hydrogens (tertiary/aromatic N) is 2. The van der Waals surface area contributed by atoms with Crippen LogP contribution in [0.5, 0.6) is 0 Å². The Kier molecular flexibility index (Phi) is 4.89. The first-order valence-corrected chi connectivity index (χ1v) is 7.30. The number of aliphatic carboxylic acids is 1. The quantitative estimate of drug-likeness (QED) is 0.844. The fraction of sp³-hybridized carbons (Fsp3) is 0.357. The Morgan fingerprint density at radius 1 is 1.45 bits per heavy atom. The zero-order valence-electron chi connectivity index (χ0n) is 11.1. The summed E-state index contributed by atoms with van der Waals surface area (Å²) in [7, 11) is 0. The smallest absolute Gasteiger partial charge is 0.326 e. The molecule has 5 nitrogen and oxygen atoms in total. The molecule has 6 heteroatoms. The first-order chi connectivity index (χ1) is 9.61. The average Bonchev–Trinajstić information content (AvgIpc) is 2.43. The molecule has 0 radical (unpaired) electrons. The van der Waals surface area contributed by atoms with Gasteiger partial charge in [-0.05, 0) is 24.6 Å². The zero-order valence-corrected chi connectivity index (χ0v) is 12.7. The number of nitrogens with one attached hydrogen (secondary N) is 1. The van der Waals surface area contributed by atoms with Crippen LogP contribution in [0.25, 0.3) is 10.9 Å². The number of hydrogen-bond donors (Lipinski definition) is 2. The van der Waals surface area contributed by atoms with Gasteiger partial charge < -0.3 is 10.4 Å². The number of hydrogen-bond acceptors (Lipinski definition) is 4. The third kappa shape index (κ3) is 3.45. The molecule has 0 amide bonds. The maximum atomic E-state index is 11.3. The number of anilines is 1. The van der Waals surface area contributed by atoms with Crippen LogP contribution >= 0.6 is 15.9 Å². The minimum absolute atomic E-state index is 0.555. The van der Waals surface area contributed by atoms with E-state index in [1.165, 1.54) is 6.33 Å². The van der Waals surface area contributed by atoms with E-state index in [2.05, 4.69) is 31.2 Å². The first kappa shape index (κ1) is 14.7. The van der Waals surface area contributed by atoms with E-state index >= 15 is 0 Å². The molecule has 1 aromatic heterocycles. The fourth-order valence-corrected chi connectivity index (χ4v) is 2.34. The summed E-state index contributed by atoms with van der Waals surface area (Å²) < 4.78 is 0.906. The van der Waals surface area contributed by atoms with Crippen LogP contribution in [0.15, 0.2) is 29.0 Å². The minimum Gasteiger partial charge on any atom is -0.480 e.